The number of aromatic nitrogens is 3. The highest BCUT2D eigenvalue weighted by Gasteiger charge is 2.45. The molecular formula is C45H55ClN10O6. The van der Waals surface area contributed by atoms with Crippen molar-refractivity contribution in [3.63, 3.8) is 0 Å². The Morgan fingerprint density at radius 3 is 2.63 bits per heavy atom. The number of aliphatic hydroxyl groups is 1. The van der Waals surface area contributed by atoms with Crippen LogP contribution in [0.4, 0.5) is 23.1 Å². The van der Waals surface area contributed by atoms with Crippen molar-refractivity contribution >= 4 is 63.4 Å². The number of imide groups is 1. The van der Waals surface area contributed by atoms with Gasteiger partial charge in [-0.2, -0.15) is 4.98 Å². The number of ether oxygens (including phenoxy) is 1. The zero-order valence-corrected chi connectivity index (χ0v) is 36.3. The number of hydrogen-bond acceptors (Lipinski definition) is 13. The number of pyridine rings is 1. The van der Waals surface area contributed by atoms with Crippen LogP contribution in [0.3, 0.4) is 0 Å². The van der Waals surface area contributed by atoms with Gasteiger partial charge in [-0.1, -0.05) is 17.7 Å². The maximum Gasteiger partial charge on any atom is 0.293 e. The number of rotatable bonds is 11. The van der Waals surface area contributed by atoms with Crippen LogP contribution in [0.2, 0.25) is 5.02 Å². The third-order valence-electron chi connectivity index (χ3n) is 13.6. The van der Waals surface area contributed by atoms with Gasteiger partial charge in [-0.3, -0.25) is 34.3 Å². The highest BCUT2D eigenvalue weighted by Crippen LogP contribution is 2.50. The molecule has 9 rings (SSSR count). The Bertz CT molecular complexity index is 2460. The fourth-order valence-electron chi connectivity index (χ4n) is 10.4. The summed E-state index contributed by atoms with van der Waals surface area (Å²) >= 11 is 6.63. The number of aliphatic hydroxyl groups excluding tert-OH is 1. The van der Waals surface area contributed by atoms with Crippen LogP contribution in [-0.4, -0.2) is 113 Å². The first-order chi connectivity index (χ1) is 29.9. The number of anilines is 4. The Hall–Kier alpha value is -5.29. The molecular weight excluding hydrogens is 812 g/mol. The Kier molecular flexibility index (Phi) is 11.6. The van der Waals surface area contributed by atoms with Gasteiger partial charge in [-0.05, 0) is 99.2 Å². The molecule has 3 amide bonds. The summed E-state index contributed by atoms with van der Waals surface area (Å²) in [6.45, 7) is 10.7. The number of halogens is 1. The molecule has 16 nitrogen and oxygen atoms in total. The average Bonchev–Trinajstić information content (AvgIpc) is 3.96. The lowest BCUT2D eigenvalue weighted by atomic mass is 9.84. The highest BCUT2D eigenvalue weighted by molar-refractivity contribution is 6.33. The lowest BCUT2D eigenvalue weighted by Crippen LogP contribution is -2.51. The molecule has 6 heterocycles. The van der Waals surface area contributed by atoms with E-state index in [2.05, 4.69) is 47.8 Å². The van der Waals surface area contributed by atoms with Crippen molar-refractivity contribution in [2.24, 2.45) is 11.3 Å². The van der Waals surface area contributed by atoms with Gasteiger partial charge in [-0.15, -0.1) is 0 Å². The van der Waals surface area contributed by atoms with Gasteiger partial charge in [0, 0.05) is 94.2 Å². The van der Waals surface area contributed by atoms with E-state index in [-0.39, 0.29) is 48.1 Å². The van der Waals surface area contributed by atoms with Gasteiger partial charge in [0.05, 0.1) is 17.8 Å². The molecule has 17 heteroatoms. The molecule has 4 unspecified atom stereocenters. The van der Waals surface area contributed by atoms with E-state index in [4.69, 9.17) is 21.3 Å². The Balaban J connectivity index is 0.787. The maximum atomic E-state index is 13.3. The van der Waals surface area contributed by atoms with Gasteiger partial charge in [0.2, 0.25) is 17.8 Å². The fourth-order valence-corrected chi connectivity index (χ4v) is 10.5. The Labute approximate surface area is 365 Å². The van der Waals surface area contributed by atoms with Crippen LogP contribution in [0, 0.1) is 11.3 Å². The molecule has 62 heavy (non-hydrogen) atoms. The number of carbonyl (C=O) groups excluding carboxylic acids is 3. The first-order valence-electron chi connectivity index (χ1n) is 21.8. The first-order valence-corrected chi connectivity index (χ1v) is 22.2. The van der Waals surface area contributed by atoms with E-state index in [1.807, 2.05) is 43.0 Å². The molecule has 4 fully saturated rings. The van der Waals surface area contributed by atoms with E-state index >= 15 is 0 Å². The largest absolute Gasteiger partial charge is 0.478 e. The van der Waals surface area contributed by atoms with E-state index in [1.165, 1.54) is 38.4 Å². The van der Waals surface area contributed by atoms with E-state index in [0.29, 0.717) is 41.1 Å². The van der Waals surface area contributed by atoms with Crippen molar-refractivity contribution < 1.29 is 24.2 Å². The molecule has 1 spiro atoms. The summed E-state index contributed by atoms with van der Waals surface area (Å²) in [4.78, 5) is 68.0. The standard InChI is InChI=1S/C45H55ClN10O6/c1-27(2)56-35-7-4-31(18-29(35)20-37(43(56)61)62-25-39(58)47-3)49-40-34(46)22-48-44(51-40)53-16-14-52(15-17-53)23-28-10-11-45(21-28)12-13-54(26-45)32-5-6-33-30(19-32)24-55(42(33)60)36-8-9-38(57)50-41(36)59/h4-7,18-20,22,27-28,36,42,60H,8-17,21,23-26H2,1-3H3,(H,47,58)(H,48,49,51)(H,50,57,59). The number of piperazine rings is 1. The van der Waals surface area contributed by atoms with Crippen molar-refractivity contribution in [1.82, 2.24) is 35.0 Å². The molecule has 2 aromatic carbocycles. The molecule has 4 aromatic rings. The second-order valence-corrected chi connectivity index (χ2v) is 18.4. The number of likely N-dealkylation sites (N-methyl/N-ethyl adjacent to an activating group) is 1. The van der Waals surface area contributed by atoms with Gasteiger partial charge < -0.3 is 34.8 Å². The topological polar surface area (TPSA) is 177 Å². The van der Waals surface area contributed by atoms with Gasteiger partial charge in [0.1, 0.15) is 11.3 Å². The van der Waals surface area contributed by atoms with Gasteiger partial charge >= 0.3 is 0 Å². The first kappa shape index (κ1) is 42.0. The number of piperidine rings is 1. The van der Waals surface area contributed by atoms with Crippen LogP contribution in [0.5, 0.6) is 5.75 Å². The van der Waals surface area contributed by atoms with Crippen LogP contribution in [0.15, 0.2) is 53.5 Å². The molecule has 0 radical (unpaired) electrons. The van der Waals surface area contributed by atoms with E-state index in [0.717, 1.165) is 73.5 Å². The number of carbonyl (C=O) groups is 3. The Morgan fingerprint density at radius 2 is 1.85 bits per heavy atom. The predicted molar refractivity (Wildman–Crippen MR) is 237 cm³/mol. The van der Waals surface area contributed by atoms with Gasteiger partial charge in [0.15, 0.2) is 18.2 Å². The fraction of sp³-hybridized carbons (Fsp3) is 0.511. The molecule has 2 aromatic heterocycles. The molecule has 1 aliphatic carbocycles. The van der Waals surface area contributed by atoms with Crippen LogP contribution in [0.25, 0.3) is 10.9 Å². The third kappa shape index (κ3) is 8.32. The van der Waals surface area contributed by atoms with Crippen LogP contribution in [0.1, 0.15) is 75.8 Å². The maximum absolute atomic E-state index is 13.3. The highest BCUT2D eigenvalue weighted by atomic mass is 35.5. The number of benzene rings is 2. The molecule has 4 aliphatic heterocycles. The van der Waals surface area contributed by atoms with E-state index in [1.54, 1.807) is 16.8 Å². The van der Waals surface area contributed by atoms with Crippen LogP contribution in [-0.2, 0) is 20.9 Å². The van der Waals surface area contributed by atoms with Crippen molar-refractivity contribution in [2.45, 2.75) is 77.2 Å². The summed E-state index contributed by atoms with van der Waals surface area (Å²) < 4.78 is 7.29. The zero-order valence-electron chi connectivity index (χ0n) is 35.5. The minimum atomic E-state index is -0.852. The number of nitrogens with zero attached hydrogens (tertiary/aromatic N) is 7. The molecule has 328 valence electrons. The summed E-state index contributed by atoms with van der Waals surface area (Å²) in [7, 11) is 1.52. The van der Waals surface area contributed by atoms with Crippen molar-refractivity contribution in [1.29, 1.82) is 0 Å². The monoisotopic (exact) mass is 866 g/mol. The summed E-state index contributed by atoms with van der Waals surface area (Å²) in [6.07, 6.45) is 6.35. The van der Waals surface area contributed by atoms with Crippen LogP contribution >= 0.6 is 11.6 Å². The van der Waals surface area contributed by atoms with Crippen molar-refractivity contribution in [2.75, 3.05) is 74.6 Å². The summed E-state index contributed by atoms with van der Waals surface area (Å²) in [5, 5.41) is 20.6. The Morgan fingerprint density at radius 1 is 1.03 bits per heavy atom. The molecule has 4 atom stereocenters. The molecule has 4 N–H and O–H groups in total. The SMILES string of the molecule is CNC(=O)COc1cc2cc(Nc3nc(N4CCN(CC5CCC6(CCN(c7ccc8c(c7)CN(C7CCC(=O)NC7=O)C8O)C6)C5)CC4)ncc3Cl)ccc2n(C(C)C)c1=O. The van der Waals surface area contributed by atoms with Gasteiger partial charge in [-0.25, -0.2) is 4.98 Å². The summed E-state index contributed by atoms with van der Waals surface area (Å²) in [5.41, 5.74) is 4.55. The van der Waals surface area contributed by atoms with E-state index in [9.17, 15) is 24.3 Å². The van der Waals surface area contributed by atoms with E-state index < -0.39 is 12.3 Å². The number of hydrogen-bond donors (Lipinski definition) is 4. The number of amides is 3. The lowest BCUT2D eigenvalue weighted by Gasteiger charge is -2.36. The predicted octanol–water partition coefficient (Wildman–Crippen LogP) is 4.32. The number of nitrogens with one attached hydrogen (secondary N) is 3. The second-order valence-electron chi connectivity index (χ2n) is 18.0. The molecule has 0 bridgehead atoms. The van der Waals surface area contributed by atoms with Crippen LogP contribution < -0.4 is 36.0 Å². The minimum absolute atomic E-state index is 0.100. The molecule has 5 aliphatic rings. The van der Waals surface area contributed by atoms with Crippen molar-refractivity contribution in [3.8, 4) is 5.75 Å². The third-order valence-corrected chi connectivity index (χ3v) is 13.9. The normalized spacial score (nSPS) is 24.3. The minimum Gasteiger partial charge on any atom is -0.478 e. The number of fused-ring (bicyclic) bond motifs is 2. The average molecular weight is 867 g/mol. The second kappa shape index (κ2) is 17.1. The molecule has 3 saturated heterocycles. The quantitative estimate of drug-likeness (QED) is 0.157. The van der Waals surface area contributed by atoms with Gasteiger partial charge in [0.25, 0.3) is 11.5 Å². The molecule has 1 saturated carbocycles. The summed E-state index contributed by atoms with van der Waals surface area (Å²) in [5.74, 6) is 0.953. The lowest BCUT2D eigenvalue weighted by molar-refractivity contribution is -0.141. The smallest absolute Gasteiger partial charge is 0.293 e. The summed E-state index contributed by atoms with van der Waals surface area (Å²) in [6, 6.07) is 13.0. The zero-order chi connectivity index (χ0) is 43.3. The van der Waals surface area contributed by atoms with Crippen molar-refractivity contribution in [3.05, 3.63) is 75.2 Å².